The lowest BCUT2D eigenvalue weighted by molar-refractivity contribution is -0.134. The van der Waals surface area contributed by atoms with Crippen LogP contribution < -0.4 is 15.0 Å². The van der Waals surface area contributed by atoms with Gasteiger partial charge in [0.15, 0.2) is 0 Å². The normalized spacial score (nSPS) is 14.6. The fraction of sp³-hybridized carbons (Fsp3) is 0.500. The lowest BCUT2D eigenvalue weighted by Gasteiger charge is -2.27. The molecule has 0 saturated carbocycles. The first kappa shape index (κ1) is 28.9. The molecule has 0 aliphatic carbocycles. The number of ether oxygens (including phenoxy) is 3. The van der Waals surface area contributed by atoms with Gasteiger partial charge in [-0.05, 0) is 32.9 Å². The number of rotatable bonds is 9. The number of hydrogen-bond acceptors (Lipinski definition) is 13. The fourth-order valence-corrected chi connectivity index (χ4v) is 3.12. The maximum atomic E-state index is 11.0. The van der Waals surface area contributed by atoms with E-state index in [1.54, 1.807) is 0 Å². The molecule has 1 atom stereocenters. The number of nitrogens with one attached hydrogen (secondary N) is 1. The summed E-state index contributed by atoms with van der Waals surface area (Å²) in [5.41, 5.74) is -0.0257. The number of carbonyl (C=O) groups excluding carboxylic acids is 2. The van der Waals surface area contributed by atoms with Gasteiger partial charge in [-0.2, -0.15) is 4.37 Å². The number of nitrogens with zero attached hydrogens (tertiary/aromatic N) is 3. The monoisotopic (exact) mass is 526 g/mol. The zero-order valence-electron chi connectivity index (χ0n) is 20.2. The van der Waals surface area contributed by atoms with Crippen LogP contribution in [0.2, 0.25) is 0 Å². The quantitative estimate of drug-likeness (QED) is 0.241. The number of carboxylic acid groups (broad SMARTS) is 1. The SMILES string of the molecule is CC(C)(C)NC[C@H](O)COc1nsnc1N1CCOCC1.O=C(O)/C=C/C(=O)OC(=O)c1ccco1. The van der Waals surface area contributed by atoms with Crippen LogP contribution in [-0.2, 0) is 19.1 Å². The third-order valence-corrected chi connectivity index (χ3v) is 4.81. The van der Waals surface area contributed by atoms with E-state index in [9.17, 15) is 19.5 Å². The molecule has 3 N–H and O–H groups in total. The number of morpholine rings is 1. The molecule has 0 radical (unpaired) electrons. The summed E-state index contributed by atoms with van der Waals surface area (Å²) in [6.07, 6.45) is 1.86. The molecule has 2 aromatic rings. The number of aliphatic hydroxyl groups is 1. The van der Waals surface area contributed by atoms with Gasteiger partial charge in [0, 0.05) is 37.3 Å². The van der Waals surface area contributed by atoms with Crippen molar-refractivity contribution in [2.45, 2.75) is 32.4 Å². The molecule has 0 aromatic carbocycles. The van der Waals surface area contributed by atoms with Crippen LogP contribution in [0, 0.1) is 0 Å². The van der Waals surface area contributed by atoms with E-state index >= 15 is 0 Å². The molecular formula is C22H30N4O9S. The van der Waals surface area contributed by atoms with Gasteiger partial charge in [0.2, 0.25) is 11.6 Å². The maximum Gasteiger partial charge on any atom is 0.382 e. The largest absolute Gasteiger partial charge is 0.478 e. The molecule has 14 heteroatoms. The first-order chi connectivity index (χ1) is 17.0. The van der Waals surface area contributed by atoms with Crippen molar-refractivity contribution in [2.24, 2.45) is 0 Å². The lowest BCUT2D eigenvalue weighted by Crippen LogP contribution is -2.42. The first-order valence-corrected chi connectivity index (χ1v) is 11.7. The van der Waals surface area contributed by atoms with E-state index in [2.05, 4.69) is 48.9 Å². The summed E-state index contributed by atoms with van der Waals surface area (Å²) in [6.45, 7) is 9.81. The van der Waals surface area contributed by atoms with Gasteiger partial charge in [0.05, 0.1) is 31.2 Å². The molecule has 1 fully saturated rings. The number of esters is 2. The second-order valence-corrected chi connectivity index (χ2v) is 8.97. The van der Waals surface area contributed by atoms with Crippen LogP contribution in [0.3, 0.4) is 0 Å². The summed E-state index contributed by atoms with van der Waals surface area (Å²) in [6, 6.07) is 2.77. The summed E-state index contributed by atoms with van der Waals surface area (Å²) in [5, 5.41) is 21.4. The van der Waals surface area contributed by atoms with E-state index < -0.39 is 24.0 Å². The Morgan fingerprint density at radius 1 is 1.25 bits per heavy atom. The fourth-order valence-electron chi connectivity index (χ4n) is 2.60. The molecule has 1 aliphatic heterocycles. The zero-order valence-corrected chi connectivity index (χ0v) is 21.0. The Kier molecular flexibility index (Phi) is 11.5. The minimum atomic E-state index is -1.31. The molecule has 0 spiro atoms. The van der Waals surface area contributed by atoms with Crippen LogP contribution >= 0.6 is 11.7 Å². The molecule has 13 nitrogen and oxygen atoms in total. The predicted molar refractivity (Wildman–Crippen MR) is 128 cm³/mol. The maximum absolute atomic E-state index is 11.0. The van der Waals surface area contributed by atoms with E-state index in [1.807, 2.05) is 0 Å². The Morgan fingerprint density at radius 3 is 2.58 bits per heavy atom. The number of carbonyl (C=O) groups is 3. The van der Waals surface area contributed by atoms with Crippen LogP contribution in [0.25, 0.3) is 0 Å². The minimum Gasteiger partial charge on any atom is -0.478 e. The summed E-state index contributed by atoms with van der Waals surface area (Å²) >= 11 is 1.12. The molecule has 0 amide bonds. The second-order valence-electron chi connectivity index (χ2n) is 8.45. The second kappa shape index (κ2) is 14.3. The molecule has 1 saturated heterocycles. The van der Waals surface area contributed by atoms with Gasteiger partial charge in [-0.15, -0.1) is 4.37 Å². The first-order valence-electron chi connectivity index (χ1n) is 11.0. The van der Waals surface area contributed by atoms with Crippen LogP contribution in [0.1, 0.15) is 31.3 Å². The smallest absolute Gasteiger partial charge is 0.382 e. The summed E-state index contributed by atoms with van der Waals surface area (Å²) in [7, 11) is 0. The Balaban J connectivity index is 0.000000269. The molecule has 198 valence electrons. The van der Waals surface area contributed by atoms with E-state index in [0.29, 0.717) is 37.8 Å². The number of aromatic nitrogens is 2. The summed E-state index contributed by atoms with van der Waals surface area (Å²) in [5.74, 6) is -2.24. The summed E-state index contributed by atoms with van der Waals surface area (Å²) in [4.78, 5) is 34.0. The van der Waals surface area contributed by atoms with E-state index in [-0.39, 0.29) is 17.9 Å². The molecule has 0 unspecified atom stereocenters. The third-order valence-electron chi connectivity index (χ3n) is 4.31. The number of carboxylic acids is 1. The molecule has 1 aliphatic rings. The number of hydrogen-bond donors (Lipinski definition) is 3. The molecule has 2 aromatic heterocycles. The van der Waals surface area contributed by atoms with Crippen molar-refractivity contribution in [1.29, 1.82) is 0 Å². The molecule has 36 heavy (non-hydrogen) atoms. The Labute approximate surface area is 212 Å². The van der Waals surface area contributed by atoms with Crippen molar-refractivity contribution in [3.8, 4) is 5.88 Å². The van der Waals surface area contributed by atoms with Gasteiger partial charge in [0.25, 0.3) is 5.88 Å². The van der Waals surface area contributed by atoms with Crippen LogP contribution in [0.4, 0.5) is 5.82 Å². The highest BCUT2D eigenvalue weighted by atomic mass is 32.1. The van der Waals surface area contributed by atoms with Crippen molar-refractivity contribution < 1.29 is 43.2 Å². The van der Waals surface area contributed by atoms with E-state index in [0.717, 1.165) is 30.6 Å². The Bertz CT molecular complexity index is 996. The number of aliphatic carboxylic acids is 1. The topological polar surface area (TPSA) is 174 Å². The van der Waals surface area contributed by atoms with Gasteiger partial charge < -0.3 is 39.1 Å². The summed E-state index contributed by atoms with van der Waals surface area (Å²) < 4.78 is 28.3. The van der Waals surface area contributed by atoms with E-state index in [1.165, 1.54) is 18.4 Å². The third kappa shape index (κ3) is 10.9. The molecule has 3 rings (SSSR count). The highest BCUT2D eigenvalue weighted by Gasteiger charge is 2.21. The van der Waals surface area contributed by atoms with Crippen molar-refractivity contribution in [3.05, 3.63) is 36.3 Å². The average molecular weight is 527 g/mol. The minimum absolute atomic E-state index is 0.0257. The molecule has 3 heterocycles. The van der Waals surface area contributed by atoms with Gasteiger partial charge in [0.1, 0.15) is 12.7 Å². The van der Waals surface area contributed by atoms with Crippen molar-refractivity contribution in [3.63, 3.8) is 0 Å². The highest BCUT2D eigenvalue weighted by Crippen LogP contribution is 2.26. The zero-order chi connectivity index (χ0) is 26.6. The highest BCUT2D eigenvalue weighted by molar-refractivity contribution is 6.99. The number of anilines is 1. The van der Waals surface area contributed by atoms with Gasteiger partial charge >= 0.3 is 17.9 Å². The van der Waals surface area contributed by atoms with Gasteiger partial charge in [-0.3, -0.25) is 0 Å². The lowest BCUT2D eigenvalue weighted by atomic mass is 10.1. The standard InChI is InChI=1S/C13H24N4O3S.C9H6O6/c1-13(2,3)14-8-10(18)9-20-12-11(15-21-16-12)17-4-6-19-7-5-17;10-7(11)3-4-8(12)15-9(13)6-2-1-5-14-6/h10,14,18H,4-9H2,1-3H3;1-5H,(H,10,11)/b;4-3+/t10-;/m0./s1. The Hall–Kier alpha value is -3.33. The number of β-amino-alcohol motifs (C(OH)–C–C–N with tert-alkyl or cyclic N) is 1. The van der Waals surface area contributed by atoms with Crippen LogP contribution in [-0.4, -0.2) is 88.0 Å². The van der Waals surface area contributed by atoms with Crippen LogP contribution in [0.5, 0.6) is 5.88 Å². The molecule has 0 bridgehead atoms. The molecular weight excluding hydrogens is 496 g/mol. The predicted octanol–water partition coefficient (Wildman–Crippen LogP) is 1.11. The van der Waals surface area contributed by atoms with E-state index in [4.69, 9.17) is 14.6 Å². The van der Waals surface area contributed by atoms with Gasteiger partial charge in [-0.25, -0.2) is 14.4 Å². The van der Waals surface area contributed by atoms with Gasteiger partial charge in [-0.1, -0.05) is 0 Å². The number of aliphatic hydroxyl groups excluding tert-OH is 1. The Morgan fingerprint density at radius 2 is 1.97 bits per heavy atom. The van der Waals surface area contributed by atoms with Crippen molar-refractivity contribution >= 4 is 35.5 Å². The number of furan rings is 1. The van der Waals surface area contributed by atoms with Crippen molar-refractivity contribution in [1.82, 2.24) is 14.1 Å². The van der Waals surface area contributed by atoms with Crippen LogP contribution in [0.15, 0.2) is 35.0 Å². The average Bonchev–Trinajstić information content (AvgIpc) is 3.53. The van der Waals surface area contributed by atoms with Crippen molar-refractivity contribution in [2.75, 3.05) is 44.4 Å².